The molecule has 0 unspecified atom stereocenters. The van der Waals surface area contributed by atoms with Crippen LogP contribution in [0.2, 0.25) is 0 Å². The van der Waals surface area contributed by atoms with Crippen LogP contribution in [0.15, 0.2) is 48.2 Å². The number of nitrogens with zero attached hydrogens (tertiary/aromatic N) is 6. The minimum atomic E-state index is 0.706. The molecule has 3 heterocycles. The van der Waals surface area contributed by atoms with Crippen LogP contribution in [0.5, 0.6) is 5.75 Å². The van der Waals surface area contributed by atoms with Gasteiger partial charge in [-0.15, -0.1) is 11.3 Å². The molecule has 0 saturated carbocycles. The number of thiazole rings is 1. The molecule has 37 heavy (non-hydrogen) atoms. The third-order valence-electron chi connectivity index (χ3n) is 6.72. The second-order valence-corrected chi connectivity index (χ2v) is 10.3. The number of methoxy groups -OCH3 is 1. The van der Waals surface area contributed by atoms with E-state index in [1.54, 1.807) is 24.8 Å². The van der Waals surface area contributed by atoms with E-state index in [1.165, 1.54) is 0 Å². The summed E-state index contributed by atoms with van der Waals surface area (Å²) in [6, 6.07) is 12.4. The van der Waals surface area contributed by atoms with Crippen LogP contribution in [0.3, 0.4) is 0 Å². The number of rotatable bonds is 9. The van der Waals surface area contributed by atoms with E-state index in [0.29, 0.717) is 5.82 Å². The second-order valence-electron chi connectivity index (χ2n) is 9.40. The predicted molar refractivity (Wildman–Crippen MR) is 154 cm³/mol. The number of nitrogens with one attached hydrogen (secondary N) is 2. The van der Waals surface area contributed by atoms with E-state index in [9.17, 15) is 0 Å². The van der Waals surface area contributed by atoms with E-state index >= 15 is 0 Å². The van der Waals surface area contributed by atoms with Crippen molar-refractivity contribution in [1.29, 1.82) is 0 Å². The maximum atomic E-state index is 5.81. The van der Waals surface area contributed by atoms with Crippen LogP contribution >= 0.6 is 11.3 Å². The normalized spacial score (nSPS) is 14.4. The first-order chi connectivity index (χ1) is 18.0. The zero-order valence-electron chi connectivity index (χ0n) is 21.9. The maximum absolute atomic E-state index is 5.81. The van der Waals surface area contributed by atoms with E-state index in [4.69, 9.17) is 4.74 Å². The third kappa shape index (κ3) is 5.76. The van der Waals surface area contributed by atoms with Crippen LogP contribution in [-0.4, -0.2) is 92.3 Å². The van der Waals surface area contributed by atoms with Gasteiger partial charge in [-0.05, 0) is 32.3 Å². The Morgan fingerprint density at radius 2 is 1.84 bits per heavy atom. The zero-order chi connectivity index (χ0) is 25.8. The van der Waals surface area contributed by atoms with E-state index in [-0.39, 0.29) is 0 Å². The van der Waals surface area contributed by atoms with Crippen LogP contribution in [-0.2, 0) is 0 Å². The van der Waals surface area contributed by atoms with Gasteiger partial charge < -0.3 is 25.2 Å². The largest absolute Gasteiger partial charge is 0.494 e. The molecule has 1 aliphatic rings. The topological polar surface area (TPSA) is 81.7 Å². The van der Waals surface area contributed by atoms with E-state index in [1.807, 2.05) is 30.8 Å². The molecule has 1 aliphatic heterocycles. The van der Waals surface area contributed by atoms with Crippen LogP contribution < -0.4 is 20.3 Å². The second kappa shape index (κ2) is 11.3. The van der Waals surface area contributed by atoms with Gasteiger partial charge >= 0.3 is 0 Å². The molecule has 0 spiro atoms. The summed E-state index contributed by atoms with van der Waals surface area (Å²) in [5.74, 6) is 1.48. The van der Waals surface area contributed by atoms with Crippen LogP contribution in [0.25, 0.3) is 21.5 Å². The molecule has 0 bridgehead atoms. The van der Waals surface area contributed by atoms with Gasteiger partial charge in [0.25, 0.3) is 0 Å². The minimum Gasteiger partial charge on any atom is -0.494 e. The van der Waals surface area contributed by atoms with E-state index in [2.05, 4.69) is 72.6 Å². The number of anilines is 4. The van der Waals surface area contributed by atoms with Crippen molar-refractivity contribution in [3.8, 4) is 17.0 Å². The maximum Gasteiger partial charge on any atom is 0.144 e. The number of benzene rings is 2. The summed E-state index contributed by atoms with van der Waals surface area (Å²) < 4.78 is 6.95. The number of likely N-dealkylation sites (N-methyl/N-ethyl adjacent to an activating group) is 1. The number of fused-ring (bicyclic) bond motifs is 1. The van der Waals surface area contributed by atoms with Crippen molar-refractivity contribution in [1.82, 2.24) is 24.8 Å². The Labute approximate surface area is 222 Å². The number of ether oxygens (including phenoxy) is 1. The summed E-state index contributed by atoms with van der Waals surface area (Å²) >= 11 is 1.63. The van der Waals surface area contributed by atoms with Gasteiger partial charge in [0.15, 0.2) is 0 Å². The lowest BCUT2D eigenvalue weighted by Crippen LogP contribution is -2.48. The van der Waals surface area contributed by atoms with Gasteiger partial charge in [-0.3, -0.25) is 4.90 Å². The lowest BCUT2D eigenvalue weighted by Gasteiger charge is -2.37. The molecule has 0 aliphatic carbocycles. The number of hydrogen-bond acceptors (Lipinski definition) is 10. The summed E-state index contributed by atoms with van der Waals surface area (Å²) in [5, 5.41) is 6.83. The van der Waals surface area contributed by atoms with E-state index in [0.717, 1.165) is 83.6 Å². The quantitative estimate of drug-likeness (QED) is 0.338. The highest BCUT2D eigenvalue weighted by atomic mass is 32.1. The van der Waals surface area contributed by atoms with Gasteiger partial charge in [0, 0.05) is 64.0 Å². The van der Waals surface area contributed by atoms with Crippen LogP contribution in [0.1, 0.15) is 0 Å². The van der Waals surface area contributed by atoms with Crippen molar-refractivity contribution in [3.05, 3.63) is 48.2 Å². The van der Waals surface area contributed by atoms with Gasteiger partial charge in [-0.2, -0.15) is 0 Å². The molecule has 1 fully saturated rings. The molecule has 4 aromatic rings. The smallest absolute Gasteiger partial charge is 0.144 e. The van der Waals surface area contributed by atoms with E-state index < -0.39 is 0 Å². The molecule has 0 amide bonds. The first kappa shape index (κ1) is 25.2. The number of aromatic nitrogens is 3. The van der Waals surface area contributed by atoms with Crippen molar-refractivity contribution in [2.75, 3.05) is 83.1 Å². The average Bonchev–Trinajstić information content (AvgIpc) is 3.40. The van der Waals surface area contributed by atoms with Gasteiger partial charge in [-0.1, -0.05) is 6.07 Å². The van der Waals surface area contributed by atoms with Gasteiger partial charge in [0.05, 0.1) is 45.6 Å². The van der Waals surface area contributed by atoms with Crippen molar-refractivity contribution in [2.24, 2.45) is 0 Å². The molecule has 0 atom stereocenters. The van der Waals surface area contributed by atoms with Crippen molar-refractivity contribution in [3.63, 3.8) is 0 Å². The minimum absolute atomic E-state index is 0.706. The van der Waals surface area contributed by atoms with Crippen LogP contribution in [0.4, 0.5) is 22.9 Å². The average molecular weight is 519 g/mol. The molecular formula is C27H34N8OS. The summed E-state index contributed by atoms with van der Waals surface area (Å²) in [4.78, 5) is 20.5. The Hall–Kier alpha value is -3.47. The standard InChI is InChI=1S/C27H34N8OS/c1-28-22-14-23(25(36-4)16-24(22)35-11-9-34(10-12-35)8-7-33(2)3)32-27-15-21(29-17-30-27)19-5-6-20-26(13-19)37-18-31-20/h5-6,13-18,28H,7-12H2,1-4H3,(H,29,30,32). The van der Waals surface area contributed by atoms with Gasteiger partial charge in [-0.25, -0.2) is 15.0 Å². The zero-order valence-corrected chi connectivity index (χ0v) is 22.7. The molecule has 0 radical (unpaired) electrons. The molecule has 1 saturated heterocycles. The highest BCUT2D eigenvalue weighted by Gasteiger charge is 2.21. The molecule has 194 valence electrons. The SMILES string of the molecule is CNc1cc(Nc2cc(-c3ccc4ncsc4c3)ncn2)c(OC)cc1N1CCN(CCN(C)C)CC1. The molecule has 5 rings (SSSR count). The third-order valence-corrected chi connectivity index (χ3v) is 7.51. The van der Waals surface area contributed by atoms with Crippen molar-refractivity contribution >= 4 is 44.4 Å². The fraction of sp³-hybridized carbons (Fsp3) is 0.370. The Bertz CT molecular complexity index is 1350. The lowest BCUT2D eigenvalue weighted by molar-refractivity contribution is 0.229. The molecule has 2 N–H and O–H groups in total. The summed E-state index contributed by atoms with van der Waals surface area (Å²) in [6.45, 7) is 6.26. The fourth-order valence-electron chi connectivity index (χ4n) is 4.59. The van der Waals surface area contributed by atoms with Crippen molar-refractivity contribution in [2.45, 2.75) is 0 Å². The Morgan fingerprint density at radius 3 is 2.59 bits per heavy atom. The highest BCUT2D eigenvalue weighted by molar-refractivity contribution is 7.16. The summed E-state index contributed by atoms with van der Waals surface area (Å²) in [6.07, 6.45) is 1.59. The first-order valence-electron chi connectivity index (χ1n) is 12.5. The van der Waals surface area contributed by atoms with Gasteiger partial charge in [0.2, 0.25) is 0 Å². The Kier molecular flexibility index (Phi) is 7.68. The Morgan fingerprint density at radius 1 is 1.00 bits per heavy atom. The monoisotopic (exact) mass is 518 g/mol. The van der Waals surface area contributed by atoms with Crippen molar-refractivity contribution < 1.29 is 4.74 Å². The predicted octanol–water partition coefficient (Wildman–Crippen LogP) is 4.23. The molecule has 9 nitrogen and oxygen atoms in total. The highest BCUT2D eigenvalue weighted by Crippen LogP contribution is 2.38. The molecule has 2 aromatic heterocycles. The summed E-state index contributed by atoms with van der Waals surface area (Å²) in [5.41, 5.74) is 7.80. The Balaban J connectivity index is 1.35. The van der Waals surface area contributed by atoms with Crippen LogP contribution in [0, 0.1) is 0 Å². The molecule has 2 aromatic carbocycles. The summed E-state index contributed by atoms with van der Waals surface area (Å²) in [7, 11) is 7.92. The molecule has 10 heteroatoms. The number of piperazine rings is 1. The number of hydrogen-bond donors (Lipinski definition) is 2. The fourth-order valence-corrected chi connectivity index (χ4v) is 5.30. The first-order valence-corrected chi connectivity index (χ1v) is 13.4. The molecular weight excluding hydrogens is 484 g/mol. The van der Waals surface area contributed by atoms with Gasteiger partial charge in [0.1, 0.15) is 17.9 Å². The lowest BCUT2D eigenvalue weighted by atomic mass is 10.1.